The van der Waals surface area contributed by atoms with Crippen molar-refractivity contribution in [3.05, 3.63) is 59.6 Å². The van der Waals surface area contributed by atoms with Crippen molar-refractivity contribution >= 4 is 28.3 Å². The molecule has 0 aliphatic carbocycles. The Morgan fingerprint density at radius 2 is 2.14 bits per heavy atom. The van der Waals surface area contributed by atoms with E-state index in [9.17, 15) is 9.59 Å². The maximum absolute atomic E-state index is 12.4. The molecular formula is C20H21N5O2S. The number of amides is 2. The van der Waals surface area contributed by atoms with Crippen LogP contribution in [0.25, 0.3) is 5.69 Å². The second-order valence-electron chi connectivity index (χ2n) is 6.80. The molecule has 1 fully saturated rings. The lowest BCUT2D eigenvalue weighted by Crippen LogP contribution is -2.28. The Balaban J connectivity index is 1.34. The molecule has 0 saturated carbocycles. The fourth-order valence-electron chi connectivity index (χ4n) is 3.24. The van der Waals surface area contributed by atoms with E-state index >= 15 is 0 Å². The monoisotopic (exact) mass is 395 g/mol. The molecule has 4 rings (SSSR count). The summed E-state index contributed by atoms with van der Waals surface area (Å²) >= 11 is 1.41. The van der Waals surface area contributed by atoms with Gasteiger partial charge in [0.05, 0.1) is 24.5 Å². The fraction of sp³-hybridized carbons (Fsp3) is 0.300. The standard InChI is InChI=1S/C20H21N5O2S/c1-14(15-4-6-17(7-5-15)24-10-8-21-13-24)22-18(26)11-16-12-28-20(23-16)25-9-2-3-19(25)27/h4-8,10,12-14H,2-3,9,11H2,1H3,(H,22,26). The summed E-state index contributed by atoms with van der Waals surface area (Å²) in [4.78, 5) is 34.4. The number of benzene rings is 1. The Morgan fingerprint density at radius 1 is 1.32 bits per heavy atom. The molecular weight excluding hydrogens is 374 g/mol. The van der Waals surface area contributed by atoms with Crippen LogP contribution in [0.3, 0.4) is 0 Å². The number of rotatable bonds is 6. The lowest BCUT2D eigenvalue weighted by molar-refractivity contribution is -0.121. The summed E-state index contributed by atoms with van der Waals surface area (Å²) in [6.45, 7) is 2.67. The highest BCUT2D eigenvalue weighted by Gasteiger charge is 2.24. The summed E-state index contributed by atoms with van der Waals surface area (Å²) in [6, 6.07) is 7.89. The first-order valence-electron chi connectivity index (χ1n) is 9.22. The second kappa shape index (κ2) is 7.93. The highest BCUT2D eigenvalue weighted by molar-refractivity contribution is 7.14. The van der Waals surface area contributed by atoms with Crippen LogP contribution in [0.15, 0.2) is 48.4 Å². The minimum absolute atomic E-state index is 0.0872. The molecule has 0 radical (unpaired) electrons. The number of imidazole rings is 1. The molecule has 2 amide bonds. The Morgan fingerprint density at radius 3 is 2.82 bits per heavy atom. The summed E-state index contributed by atoms with van der Waals surface area (Å²) in [5.74, 6) is 0.0221. The Labute approximate surface area is 167 Å². The predicted octanol–water partition coefficient (Wildman–Crippen LogP) is 2.88. The number of nitrogens with zero attached hydrogens (tertiary/aromatic N) is 4. The quantitative estimate of drug-likeness (QED) is 0.696. The lowest BCUT2D eigenvalue weighted by Gasteiger charge is -2.15. The highest BCUT2D eigenvalue weighted by Crippen LogP contribution is 2.25. The van der Waals surface area contributed by atoms with E-state index in [1.54, 1.807) is 17.4 Å². The molecule has 28 heavy (non-hydrogen) atoms. The number of thiazole rings is 1. The van der Waals surface area contributed by atoms with Gasteiger partial charge in [-0.05, 0) is 31.0 Å². The van der Waals surface area contributed by atoms with E-state index in [0.717, 1.165) is 17.7 Å². The molecule has 1 N–H and O–H groups in total. The van der Waals surface area contributed by atoms with Crippen LogP contribution in [-0.4, -0.2) is 32.9 Å². The lowest BCUT2D eigenvalue weighted by atomic mass is 10.1. The summed E-state index contributed by atoms with van der Waals surface area (Å²) in [6.07, 6.45) is 7.02. The van der Waals surface area contributed by atoms with Crippen LogP contribution in [0.5, 0.6) is 0 Å². The van der Waals surface area contributed by atoms with Crippen LogP contribution in [-0.2, 0) is 16.0 Å². The van der Waals surface area contributed by atoms with Crippen molar-refractivity contribution in [2.24, 2.45) is 0 Å². The van der Waals surface area contributed by atoms with E-state index in [-0.39, 0.29) is 24.3 Å². The van der Waals surface area contributed by atoms with Gasteiger partial charge >= 0.3 is 0 Å². The van der Waals surface area contributed by atoms with Gasteiger partial charge in [0.1, 0.15) is 0 Å². The first-order valence-corrected chi connectivity index (χ1v) is 10.1. The number of hydrogen-bond acceptors (Lipinski definition) is 5. The zero-order valence-corrected chi connectivity index (χ0v) is 16.4. The van der Waals surface area contributed by atoms with E-state index in [1.165, 1.54) is 11.3 Å². The molecule has 1 aromatic carbocycles. The SMILES string of the molecule is CC(NC(=O)Cc1csc(N2CCCC2=O)n1)c1ccc(-n2ccnc2)cc1. The number of carbonyl (C=O) groups is 2. The molecule has 3 aromatic rings. The van der Waals surface area contributed by atoms with Crippen molar-refractivity contribution in [2.75, 3.05) is 11.4 Å². The van der Waals surface area contributed by atoms with Crippen molar-refractivity contribution < 1.29 is 9.59 Å². The third-order valence-electron chi connectivity index (χ3n) is 4.76. The van der Waals surface area contributed by atoms with Crippen molar-refractivity contribution in [1.29, 1.82) is 0 Å². The fourth-order valence-corrected chi connectivity index (χ4v) is 4.11. The molecule has 1 saturated heterocycles. The number of hydrogen-bond donors (Lipinski definition) is 1. The van der Waals surface area contributed by atoms with Crippen LogP contribution in [0, 0.1) is 0 Å². The Bertz CT molecular complexity index is 965. The van der Waals surface area contributed by atoms with E-state index in [1.807, 2.05) is 47.3 Å². The van der Waals surface area contributed by atoms with Crippen molar-refractivity contribution in [3.8, 4) is 5.69 Å². The Kier molecular flexibility index (Phi) is 5.21. The van der Waals surface area contributed by atoms with Gasteiger partial charge in [0.15, 0.2) is 5.13 Å². The van der Waals surface area contributed by atoms with Crippen LogP contribution >= 0.6 is 11.3 Å². The van der Waals surface area contributed by atoms with Gasteiger partial charge in [0.2, 0.25) is 11.8 Å². The van der Waals surface area contributed by atoms with Gasteiger partial charge in [-0.1, -0.05) is 12.1 Å². The summed E-state index contributed by atoms with van der Waals surface area (Å²) in [5.41, 5.74) is 2.74. The molecule has 7 nitrogen and oxygen atoms in total. The average molecular weight is 395 g/mol. The van der Waals surface area contributed by atoms with Gasteiger partial charge in [0, 0.05) is 36.4 Å². The third kappa shape index (κ3) is 3.96. The largest absolute Gasteiger partial charge is 0.349 e. The number of nitrogens with one attached hydrogen (secondary N) is 1. The molecule has 1 atom stereocenters. The molecule has 3 heterocycles. The number of carbonyl (C=O) groups excluding carboxylic acids is 2. The predicted molar refractivity (Wildman–Crippen MR) is 108 cm³/mol. The normalized spacial score (nSPS) is 15.0. The van der Waals surface area contributed by atoms with Gasteiger partial charge < -0.3 is 9.88 Å². The second-order valence-corrected chi connectivity index (χ2v) is 7.63. The third-order valence-corrected chi connectivity index (χ3v) is 5.67. The maximum Gasteiger partial charge on any atom is 0.228 e. The number of aromatic nitrogens is 3. The molecule has 0 bridgehead atoms. The van der Waals surface area contributed by atoms with E-state index < -0.39 is 0 Å². The van der Waals surface area contributed by atoms with Crippen molar-refractivity contribution in [2.45, 2.75) is 32.2 Å². The van der Waals surface area contributed by atoms with E-state index in [4.69, 9.17) is 0 Å². The molecule has 2 aromatic heterocycles. The molecule has 0 spiro atoms. The number of anilines is 1. The van der Waals surface area contributed by atoms with Crippen LogP contribution in [0.4, 0.5) is 5.13 Å². The molecule has 1 aliphatic heterocycles. The topological polar surface area (TPSA) is 80.1 Å². The van der Waals surface area contributed by atoms with Crippen LogP contribution < -0.4 is 10.2 Å². The van der Waals surface area contributed by atoms with Gasteiger partial charge in [-0.15, -0.1) is 11.3 Å². The highest BCUT2D eigenvalue weighted by atomic mass is 32.1. The smallest absolute Gasteiger partial charge is 0.228 e. The van der Waals surface area contributed by atoms with Crippen LogP contribution in [0.1, 0.15) is 37.1 Å². The molecule has 1 unspecified atom stereocenters. The molecule has 1 aliphatic rings. The van der Waals surface area contributed by atoms with Gasteiger partial charge in [-0.25, -0.2) is 9.97 Å². The zero-order chi connectivity index (χ0) is 19.5. The van der Waals surface area contributed by atoms with E-state index in [0.29, 0.717) is 23.8 Å². The average Bonchev–Trinajstić information content (AvgIpc) is 3.43. The Hall–Kier alpha value is -3.00. The zero-order valence-electron chi connectivity index (χ0n) is 15.5. The first-order chi connectivity index (χ1) is 13.6. The molecule has 8 heteroatoms. The van der Waals surface area contributed by atoms with Crippen LogP contribution in [0.2, 0.25) is 0 Å². The first kappa shape index (κ1) is 18.4. The van der Waals surface area contributed by atoms with Gasteiger partial charge in [-0.3, -0.25) is 14.5 Å². The minimum atomic E-state index is -0.109. The maximum atomic E-state index is 12.4. The summed E-state index contributed by atoms with van der Waals surface area (Å²) in [5, 5.41) is 5.55. The molecule has 144 valence electrons. The minimum Gasteiger partial charge on any atom is -0.349 e. The van der Waals surface area contributed by atoms with Crippen molar-refractivity contribution in [3.63, 3.8) is 0 Å². The van der Waals surface area contributed by atoms with Gasteiger partial charge in [0.25, 0.3) is 0 Å². The van der Waals surface area contributed by atoms with Crippen molar-refractivity contribution in [1.82, 2.24) is 19.9 Å². The summed E-state index contributed by atoms with van der Waals surface area (Å²) < 4.78 is 1.93. The van der Waals surface area contributed by atoms with E-state index in [2.05, 4.69) is 15.3 Å². The summed E-state index contributed by atoms with van der Waals surface area (Å²) in [7, 11) is 0. The van der Waals surface area contributed by atoms with Gasteiger partial charge in [-0.2, -0.15) is 0 Å².